The van der Waals surface area contributed by atoms with Gasteiger partial charge in [0.05, 0.1) is 4.92 Å². The van der Waals surface area contributed by atoms with Crippen LogP contribution in [0.25, 0.3) is 0 Å². The monoisotopic (exact) mass is 249 g/mol. The van der Waals surface area contributed by atoms with E-state index in [0.29, 0.717) is 6.42 Å². The van der Waals surface area contributed by atoms with E-state index in [4.69, 9.17) is 11.6 Å². The van der Waals surface area contributed by atoms with E-state index in [-0.39, 0.29) is 29.1 Å². The Bertz CT molecular complexity index is 385. The van der Waals surface area contributed by atoms with Crippen molar-refractivity contribution >= 4 is 17.3 Å². The zero-order chi connectivity index (χ0) is 12.1. The number of hydrogen-bond donors (Lipinski definition) is 0. The Labute approximate surface area is 96.2 Å². The minimum Gasteiger partial charge on any atom is -0.258 e. The predicted molar refractivity (Wildman–Crippen MR) is 57.1 cm³/mol. The van der Waals surface area contributed by atoms with E-state index in [1.165, 1.54) is 18.2 Å². The first-order chi connectivity index (χ1) is 7.57. The van der Waals surface area contributed by atoms with Crippen LogP contribution < -0.4 is 0 Å². The lowest BCUT2D eigenvalue weighted by Crippen LogP contribution is -2.01. The Hall–Kier alpha value is -1.23. The maximum absolute atomic E-state index is 12.6. The molecule has 0 fully saturated rings. The van der Waals surface area contributed by atoms with Gasteiger partial charge in [-0.05, 0) is 12.8 Å². The highest BCUT2D eigenvalue weighted by Crippen LogP contribution is 2.30. The van der Waals surface area contributed by atoms with Gasteiger partial charge in [0, 0.05) is 23.1 Å². The molecule has 0 aromatic heterocycles. The average molecular weight is 250 g/mol. The van der Waals surface area contributed by atoms with Crippen LogP contribution in [0, 0.1) is 10.1 Å². The number of hydrogen-bond acceptors (Lipinski definition) is 2. The van der Waals surface area contributed by atoms with Gasteiger partial charge in [-0.3, -0.25) is 10.1 Å². The van der Waals surface area contributed by atoms with Crippen molar-refractivity contribution in [2.24, 2.45) is 0 Å². The zero-order valence-corrected chi connectivity index (χ0v) is 9.08. The molecule has 6 heteroatoms. The molecular formula is C10H10ClF2NO2. The van der Waals surface area contributed by atoms with E-state index in [1.54, 1.807) is 0 Å². The van der Waals surface area contributed by atoms with Gasteiger partial charge in [-0.2, -0.15) is 0 Å². The molecule has 1 aromatic carbocycles. The molecule has 0 aliphatic carbocycles. The summed E-state index contributed by atoms with van der Waals surface area (Å²) < 4.78 is 25.3. The quantitative estimate of drug-likeness (QED) is 0.454. The standard InChI is InChI=1S/C10H10ClF2NO2/c11-6-2-4-7-8(10(12)13)3-1-5-9(7)14(15)16/h1,3,5,10H,2,4,6H2. The number of alkyl halides is 3. The van der Waals surface area contributed by atoms with Gasteiger partial charge in [0.25, 0.3) is 12.1 Å². The molecule has 0 atom stereocenters. The third-order valence-corrected chi connectivity index (χ3v) is 2.45. The lowest BCUT2D eigenvalue weighted by molar-refractivity contribution is -0.385. The number of rotatable bonds is 5. The van der Waals surface area contributed by atoms with Crippen molar-refractivity contribution in [3.8, 4) is 0 Å². The van der Waals surface area contributed by atoms with Gasteiger partial charge in [0.2, 0.25) is 0 Å². The summed E-state index contributed by atoms with van der Waals surface area (Å²) in [5, 5.41) is 10.7. The van der Waals surface area contributed by atoms with Crippen LogP contribution in [0.15, 0.2) is 18.2 Å². The molecule has 0 bridgehead atoms. The van der Waals surface area contributed by atoms with Crippen molar-refractivity contribution in [1.29, 1.82) is 0 Å². The third-order valence-electron chi connectivity index (χ3n) is 2.18. The topological polar surface area (TPSA) is 43.1 Å². The van der Waals surface area contributed by atoms with Gasteiger partial charge in [0.15, 0.2) is 0 Å². The van der Waals surface area contributed by atoms with Gasteiger partial charge >= 0.3 is 0 Å². The molecule has 0 radical (unpaired) electrons. The fourth-order valence-corrected chi connectivity index (χ4v) is 1.62. The summed E-state index contributed by atoms with van der Waals surface area (Å²) >= 11 is 5.46. The Morgan fingerprint density at radius 3 is 2.62 bits per heavy atom. The highest BCUT2D eigenvalue weighted by atomic mass is 35.5. The van der Waals surface area contributed by atoms with Gasteiger partial charge in [-0.25, -0.2) is 8.78 Å². The summed E-state index contributed by atoms with van der Waals surface area (Å²) in [6, 6.07) is 3.71. The van der Waals surface area contributed by atoms with Gasteiger partial charge < -0.3 is 0 Å². The Morgan fingerprint density at radius 2 is 2.12 bits per heavy atom. The van der Waals surface area contributed by atoms with Crippen LogP contribution in [0.3, 0.4) is 0 Å². The second kappa shape index (κ2) is 5.75. The van der Waals surface area contributed by atoms with Crippen LogP contribution in [0.1, 0.15) is 24.0 Å². The first-order valence-corrected chi connectivity index (χ1v) is 5.21. The molecule has 0 aliphatic heterocycles. The maximum atomic E-state index is 12.6. The van der Waals surface area contributed by atoms with E-state index in [9.17, 15) is 18.9 Å². The molecular weight excluding hydrogens is 240 g/mol. The maximum Gasteiger partial charge on any atom is 0.273 e. The molecule has 0 saturated heterocycles. The van der Waals surface area contributed by atoms with Crippen molar-refractivity contribution in [3.05, 3.63) is 39.4 Å². The van der Waals surface area contributed by atoms with Crippen molar-refractivity contribution < 1.29 is 13.7 Å². The fraction of sp³-hybridized carbons (Fsp3) is 0.400. The molecule has 0 saturated carbocycles. The molecule has 0 N–H and O–H groups in total. The highest BCUT2D eigenvalue weighted by molar-refractivity contribution is 6.17. The van der Waals surface area contributed by atoms with Crippen LogP contribution in [-0.4, -0.2) is 10.8 Å². The van der Waals surface area contributed by atoms with Gasteiger partial charge in [-0.15, -0.1) is 11.6 Å². The molecule has 3 nitrogen and oxygen atoms in total. The summed E-state index contributed by atoms with van der Waals surface area (Å²) in [5.74, 6) is 0.286. The lowest BCUT2D eigenvalue weighted by atomic mass is 10.0. The normalized spacial score (nSPS) is 10.8. The van der Waals surface area contributed by atoms with Crippen LogP contribution in [0.4, 0.5) is 14.5 Å². The second-order valence-corrected chi connectivity index (χ2v) is 3.57. The number of nitro benzene ring substituents is 1. The molecule has 16 heavy (non-hydrogen) atoms. The number of nitrogens with zero attached hydrogens (tertiary/aromatic N) is 1. The summed E-state index contributed by atoms with van der Waals surface area (Å²) in [6.07, 6.45) is -2.07. The molecule has 0 spiro atoms. The van der Waals surface area contributed by atoms with E-state index in [0.717, 1.165) is 0 Å². The third kappa shape index (κ3) is 2.88. The van der Waals surface area contributed by atoms with E-state index in [1.807, 2.05) is 0 Å². The molecule has 1 aromatic rings. The first kappa shape index (κ1) is 12.8. The zero-order valence-electron chi connectivity index (χ0n) is 8.33. The summed E-state index contributed by atoms with van der Waals surface area (Å²) in [7, 11) is 0. The molecule has 1 rings (SSSR count). The van der Waals surface area contributed by atoms with Crippen molar-refractivity contribution in [2.75, 3.05) is 5.88 Å². The number of nitro groups is 1. The Kier molecular flexibility index (Phi) is 4.61. The molecule has 0 heterocycles. The Balaban J connectivity index is 3.18. The van der Waals surface area contributed by atoms with Crippen molar-refractivity contribution in [2.45, 2.75) is 19.3 Å². The van der Waals surface area contributed by atoms with E-state index < -0.39 is 11.3 Å². The highest BCUT2D eigenvalue weighted by Gasteiger charge is 2.21. The van der Waals surface area contributed by atoms with Gasteiger partial charge in [0.1, 0.15) is 0 Å². The molecule has 88 valence electrons. The number of benzene rings is 1. The molecule has 0 amide bonds. The Morgan fingerprint density at radius 1 is 1.44 bits per heavy atom. The predicted octanol–water partition coefficient (Wildman–Crippen LogP) is 3.70. The van der Waals surface area contributed by atoms with Crippen LogP contribution >= 0.6 is 11.6 Å². The second-order valence-electron chi connectivity index (χ2n) is 3.20. The smallest absolute Gasteiger partial charge is 0.258 e. The summed E-state index contributed by atoms with van der Waals surface area (Å²) in [4.78, 5) is 10.0. The van der Waals surface area contributed by atoms with Crippen LogP contribution in [-0.2, 0) is 6.42 Å². The minimum atomic E-state index is -2.70. The van der Waals surface area contributed by atoms with Crippen molar-refractivity contribution in [3.63, 3.8) is 0 Å². The summed E-state index contributed by atoms with van der Waals surface area (Å²) in [6.45, 7) is 0. The first-order valence-electron chi connectivity index (χ1n) is 4.68. The lowest BCUT2D eigenvalue weighted by Gasteiger charge is -2.08. The van der Waals surface area contributed by atoms with Crippen LogP contribution in [0.5, 0.6) is 0 Å². The average Bonchev–Trinajstić information content (AvgIpc) is 2.25. The molecule has 0 unspecified atom stereocenters. The number of halogens is 3. The van der Waals surface area contributed by atoms with Crippen molar-refractivity contribution in [1.82, 2.24) is 0 Å². The van der Waals surface area contributed by atoms with E-state index in [2.05, 4.69) is 0 Å². The van der Waals surface area contributed by atoms with Gasteiger partial charge in [-0.1, -0.05) is 12.1 Å². The SMILES string of the molecule is O=[N+]([O-])c1cccc(C(F)F)c1CCCCl. The largest absolute Gasteiger partial charge is 0.273 e. The molecule has 0 aliphatic rings. The van der Waals surface area contributed by atoms with E-state index >= 15 is 0 Å². The van der Waals surface area contributed by atoms with Crippen LogP contribution in [0.2, 0.25) is 0 Å². The fourth-order valence-electron chi connectivity index (χ4n) is 1.48. The minimum absolute atomic E-state index is 0.0863. The summed E-state index contributed by atoms with van der Waals surface area (Å²) in [5.41, 5.74) is -0.453.